The van der Waals surface area contributed by atoms with Gasteiger partial charge in [0.05, 0.1) is 30.1 Å². The first-order valence-electron chi connectivity index (χ1n) is 11.9. The summed E-state index contributed by atoms with van der Waals surface area (Å²) in [6.07, 6.45) is -2.86. The Balaban J connectivity index is 1.69. The van der Waals surface area contributed by atoms with Crippen LogP contribution in [0.2, 0.25) is 0 Å². The number of nitrogens with one attached hydrogen (secondary N) is 2. The fourth-order valence-electron chi connectivity index (χ4n) is 4.35. The van der Waals surface area contributed by atoms with Crippen molar-refractivity contribution in [1.29, 1.82) is 0 Å². The molecule has 2 N–H and O–H groups in total. The number of anilines is 4. The topological polar surface area (TPSA) is 96.5 Å². The molecule has 1 amide bonds. The van der Waals surface area contributed by atoms with Crippen LogP contribution in [0, 0.1) is 0 Å². The number of hydrogen-bond acceptors (Lipinski definition) is 7. The molecular formula is C27H25F4N5O3. The summed E-state index contributed by atoms with van der Waals surface area (Å²) in [5.74, 6) is -1.11. The average molecular weight is 544 g/mol. The predicted molar refractivity (Wildman–Crippen MR) is 137 cm³/mol. The Morgan fingerprint density at radius 2 is 1.97 bits per heavy atom. The van der Waals surface area contributed by atoms with E-state index < -0.39 is 36.2 Å². The zero-order valence-corrected chi connectivity index (χ0v) is 21.1. The summed E-state index contributed by atoms with van der Waals surface area (Å²) < 4.78 is 60.0. The van der Waals surface area contributed by atoms with Gasteiger partial charge in [-0.05, 0) is 42.3 Å². The molecule has 39 heavy (non-hydrogen) atoms. The molecule has 3 aromatic rings. The number of benzene rings is 2. The first-order valence-corrected chi connectivity index (χ1v) is 11.9. The van der Waals surface area contributed by atoms with E-state index in [2.05, 4.69) is 27.2 Å². The quantitative estimate of drug-likeness (QED) is 0.247. The van der Waals surface area contributed by atoms with Gasteiger partial charge in [0, 0.05) is 19.2 Å². The van der Waals surface area contributed by atoms with Crippen molar-refractivity contribution in [3.05, 3.63) is 77.5 Å². The minimum Gasteiger partial charge on any atom is -0.495 e. The van der Waals surface area contributed by atoms with Crippen molar-refractivity contribution in [2.24, 2.45) is 0 Å². The molecule has 1 aliphatic rings. The highest BCUT2D eigenvalue weighted by molar-refractivity contribution is 6.04. The molecule has 0 saturated carbocycles. The number of methoxy groups -OCH3 is 1. The van der Waals surface area contributed by atoms with Gasteiger partial charge in [-0.3, -0.25) is 9.59 Å². The van der Waals surface area contributed by atoms with Crippen molar-refractivity contribution < 1.29 is 31.9 Å². The van der Waals surface area contributed by atoms with Gasteiger partial charge in [-0.15, -0.1) is 0 Å². The second-order valence-electron chi connectivity index (χ2n) is 8.72. The summed E-state index contributed by atoms with van der Waals surface area (Å²) in [5.41, 5.74) is 0.691. The smallest absolute Gasteiger partial charge is 0.421 e. The number of alkyl halides is 4. The van der Waals surface area contributed by atoms with E-state index in [1.807, 2.05) is 0 Å². The number of amides is 1. The van der Waals surface area contributed by atoms with E-state index in [1.54, 1.807) is 37.3 Å². The third-order valence-electron chi connectivity index (χ3n) is 6.28. The van der Waals surface area contributed by atoms with Crippen LogP contribution in [0.15, 0.2) is 55.3 Å². The van der Waals surface area contributed by atoms with Crippen LogP contribution < -0.4 is 15.4 Å². The van der Waals surface area contributed by atoms with Crippen LogP contribution in [0.25, 0.3) is 0 Å². The minimum atomic E-state index is -4.80. The number of nitrogens with zero attached hydrogens (tertiary/aromatic N) is 3. The molecule has 204 valence electrons. The summed E-state index contributed by atoms with van der Waals surface area (Å²) in [6, 6.07) is 9.15. The maximum atomic E-state index is 13.9. The van der Waals surface area contributed by atoms with Gasteiger partial charge in [0.1, 0.15) is 23.8 Å². The molecule has 0 radical (unpaired) electrons. The zero-order chi connectivity index (χ0) is 28.3. The van der Waals surface area contributed by atoms with Gasteiger partial charge in [0.2, 0.25) is 5.95 Å². The summed E-state index contributed by atoms with van der Waals surface area (Å²) >= 11 is 0. The molecule has 0 aliphatic carbocycles. The van der Waals surface area contributed by atoms with Crippen molar-refractivity contribution in [3.63, 3.8) is 0 Å². The molecule has 2 heterocycles. The molecule has 2 aromatic carbocycles. The maximum absolute atomic E-state index is 13.9. The number of ketones is 1. The third-order valence-corrected chi connectivity index (χ3v) is 6.28. The molecule has 8 nitrogen and oxygen atoms in total. The highest BCUT2D eigenvalue weighted by Gasteiger charge is 2.38. The van der Waals surface area contributed by atoms with Crippen LogP contribution in [-0.2, 0) is 17.4 Å². The SMILES string of the molecule is C=CC(=O)Cc1ccc(Nc2ncc(C(F)(F)F)c(Nc3cccc4c3C(=O)N(CCF)C4C)n2)c(OC)c1. The second kappa shape index (κ2) is 11.1. The van der Waals surface area contributed by atoms with Crippen molar-refractivity contribution in [3.8, 4) is 5.75 Å². The van der Waals surface area contributed by atoms with Gasteiger partial charge in [0.15, 0.2) is 5.78 Å². The molecule has 0 saturated heterocycles. The second-order valence-corrected chi connectivity index (χ2v) is 8.72. The molecule has 0 fully saturated rings. The molecule has 0 bridgehead atoms. The first kappa shape index (κ1) is 27.6. The van der Waals surface area contributed by atoms with Crippen LogP contribution in [-0.4, -0.2) is 46.9 Å². The summed E-state index contributed by atoms with van der Waals surface area (Å²) in [5, 5.41) is 5.49. The number of carbonyl (C=O) groups is 2. The van der Waals surface area contributed by atoms with Crippen molar-refractivity contribution in [2.45, 2.75) is 25.6 Å². The van der Waals surface area contributed by atoms with Gasteiger partial charge in [-0.2, -0.15) is 18.2 Å². The van der Waals surface area contributed by atoms with Crippen molar-refractivity contribution in [2.75, 3.05) is 31.0 Å². The largest absolute Gasteiger partial charge is 0.495 e. The van der Waals surface area contributed by atoms with E-state index in [9.17, 15) is 27.2 Å². The first-order chi connectivity index (χ1) is 18.6. The molecule has 1 aliphatic heterocycles. The lowest BCUT2D eigenvalue weighted by Crippen LogP contribution is -2.28. The van der Waals surface area contributed by atoms with Gasteiger partial charge in [-0.25, -0.2) is 9.37 Å². The highest BCUT2D eigenvalue weighted by atomic mass is 19.4. The minimum absolute atomic E-state index is 0.104. The van der Waals surface area contributed by atoms with Crippen LogP contribution >= 0.6 is 0 Å². The fourth-order valence-corrected chi connectivity index (χ4v) is 4.35. The van der Waals surface area contributed by atoms with Crippen molar-refractivity contribution in [1.82, 2.24) is 14.9 Å². The molecule has 4 rings (SSSR count). The Morgan fingerprint density at radius 1 is 1.21 bits per heavy atom. The van der Waals surface area contributed by atoms with Crippen LogP contribution in [0.1, 0.15) is 40.0 Å². The number of hydrogen-bond donors (Lipinski definition) is 2. The number of aromatic nitrogens is 2. The normalized spacial score (nSPS) is 14.7. The van der Waals surface area contributed by atoms with E-state index >= 15 is 0 Å². The van der Waals surface area contributed by atoms with E-state index in [0.717, 1.165) is 0 Å². The lowest BCUT2D eigenvalue weighted by Gasteiger charge is -2.20. The van der Waals surface area contributed by atoms with Gasteiger partial charge >= 0.3 is 6.18 Å². The number of ether oxygens (including phenoxy) is 1. The Kier molecular flexibility index (Phi) is 7.84. The van der Waals surface area contributed by atoms with E-state index in [0.29, 0.717) is 28.8 Å². The number of allylic oxidation sites excluding steroid dienone is 1. The average Bonchev–Trinajstić information content (AvgIpc) is 3.14. The number of rotatable bonds is 10. The lowest BCUT2D eigenvalue weighted by molar-refractivity contribution is -0.137. The Bertz CT molecular complexity index is 1430. The molecular weight excluding hydrogens is 518 g/mol. The fraction of sp³-hybridized carbons (Fsp3) is 0.259. The summed E-state index contributed by atoms with van der Waals surface area (Å²) in [7, 11) is 1.40. The molecule has 12 heteroatoms. The zero-order valence-electron chi connectivity index (χ0n) is 21.1. The third kappa shape index (κ3) is 5.69. The standard InChI is InChI=1S/C27H25F4N5O3/c1-4-17(37)12-16-8-9-20(22(13-16)39-3)34-26-32-14-19(27(29,30)31)24(35-26)33-21-7-5-6-18-15(2)36(11-10-28)25(38)23(18)21/h4-9,13-15H,1,10-12H2,2-3H3,(H2,32,33,34,35). The van der Waals surface area contributed by atoms with Gasteiger partial charge in [-0.1, -0.05) is 24.8 Å². The monoisotopic (exact) mass is 543 g/mol. The maximum Gasteiger partial charge on any atom is 0.421 e. The predicted octanol–water partition coefficient (Wildman–Crippen LogP) is 5.78. The Labute approximate surface area is 221 Å². The number of halogens is 4. The summed E-state index contributed by atoms with van der Waals surface area (Å²) in [4.78, 5) is 33.9. The van der Waals surface area contributed by atoms with Crippen molar-refractivity contribution >= 4 is 34.8 Å². The van der Waals surface area contributed by atoms with Gasteiger partial charge in [0.25, 0.3) is 5.91 Å². The van der Waals surface area contributed by atoms with E-state index in [1.165, 1.54) is 24.2 Å². The number of fused-ring (bicyclic) bond motifs is 1. The van der Waals surface area contributed by atoms with Gasteiger partial charge < -0.3 is 20.3 Å². The lowest BCUT2D eigenvalue weighted by atomic mass is 10.0. The van der Waals surface area contributed by atoms with Crippen LogP contribution in [0.3, 0.4) is 0 Å². The molecule has 0 spiro atoms. The van der Waals surface area contributed by atoms with Crippen LogP contribution in [0.4, 0.5) is 40.7 Å². The van der Waals surface area contributed by atoms with Crippen LogP contribution in [0.5, 0.6) is 5.75 Å². The molecule has 1 unspecified atom stereocenters. The number of carbonyl (C=O) groups excluding carboxylic acids is 2. The van der Waals surface area contributed by atoms with E-state index in [4.69, 9.17) is 4.74 Å². The Morgan fingerprint density at radius 3 is 2.64 bits per heavy atom. The van der Waals surface area contributed by atoms with E-state index in [-0.39, 0.29) is 35.9 Å². The summed E-state index contributed by atoms with van der Waals surface area (Å²) in [6.45, 7) is 4.29. The Hall–Kier alpha value is -4.48. The molecule has 1 atom stereocenters. The highest BCUT2D eigenvalue weighted by Crippen LogP contribution is 2.40. The molecule has 1 aromatic heterocycles.